The fourth-order valence-corrected chi connectivity index (χ4v) is 4.35. The number of carbonyl (C=O) groups is 1. The molecule has 1 amide bonds. The van der Waals surface area contributed by atoms with Crippen molar-refractivity contribution in [2.75, 3.05) is 7.11 Å². The molecule has 0 radical (unpaired) electrons. The first kappa shape index (κ1) is 20.1. The summed E-state index contributed by atoms with van der Waals surface area (Å²) >= 11 is 0. The van der Waals surface area contributed by atoms with Gasteiger partial charge in [-0.3, -0.25) is 9.89 Å². The van der Waals surface area contributed by atoms with Crippen LogP contribution in [0, 0.1) is 0 Å². The lowest BCUT2D eigenvalue weighted by Gasteiger charge is -2.08. The molecule has 0 spiro atoms. The molecule has 5 rings (SSSR count). The van der Waals surface area contributed by atoms with Gasteiger partial charge < -0.3 is 10.1 Å². The van der Waals surface area contributed by atoms with E-state index in [0.717, 1.165) is 47.5 Å². The van der Waals surface area contributed by atoms with Gasteiger partial charge in [-0.15, -0.1) is 0 Å². The van der Waals surface area contributed by atoms with Gasteiger partial charge in [0.15, 0.2) is 0 Å². The first-order chi connectivity index (χ1) is 15.7. The van der Waals surface area contributed by atoms with Crippen LogP contribution < -0.4 is 10.1 Å². The predicted molar refractivity (Wildman–Crippen MR) is 126 cm³/mol. The zero-order chi connectivity index (χ0) is 21.9. The standard InChI is InChI=1S/C27H25N3O2/c1-32-22-9-4-6-18(16-22)17-28-27(31)21-14-12-20(13-15-21)25-24-11-5-8-19-7-2-3-10-23(19)26(24)30-29-25/h2-4,6-7,9-10,12-16H,5,8,11,17H2,1H3,(H,28,31)(H,29,30). The van der Waals surface area contributed by atoms with Crippen molar-refractivity contribution >= 4 is 5.91 Å². The number of carbonyl (C=O) groups excluding carboxylic acids is 1. The van der Waals surface area contributed by atoms with Crippen LogP contribution in [0.25, 0.3) is 22.5 Å². The average molecular weight is 424 g/mol. The SMILES string of the molecule is COc1cccc(CNC(=O)c2ccc(-c3n[nH]c4c3CCCc3ccccc3-4)cc2)c1. The molecule has 4 aromatic rings. The molecular weight excluding hydrogens is 398 g/mol. The quantitative estimate of drug-likeness (QED) is 0.465. The Labute approximate surface area is 187 Å². The van der Waals surface area contributed by atoms with E-state index < -0.39 is 0 Å². The molecule has 0 saturated carbocycles. The van der Waals surface area contributed by atoms with Crippen LogP contribution in [0.3, 0.4) is 0 Å². The van der Waals surface area contributed by atoms with Crippen LogP contribution in [0.4, 0.5) is 0 Å². The van der Waals surface area contributed by atoms with Gasteiger partial charge in [0.2, 0.25) is 0 Å². The van der Waals surface area contributed by atoms with E-state index in [2.05, 4.69) is 39.8 Å². The van der Waals surface area contributed by atoms with Gasteiger partial charge in [-0.25, -0.2) is 0 Å². The number of hydrogen-bond acceptors (Lipinski definition) is 3. The highest BCUT2D eigenvalue weighted by atomic mass is 16.5. The second-order valence-corrected chi connectivity index (χ2v) is 8.05. The molecule has 2 N–H and O–H groups in total. The molecule has 5 heteroatoms. The second kappa shape index (κ2) is 8.71. The van der Waals surface area contributed by atoms with Crippen molar-refractivity contribution < 1.29 is 9.53 Å². The molecule has 1 aromatic heterocycles. The van der Waals surface area contributed by atoms with Gasteiger partial charge in [0.1, 0.15) is 5.75 Å². The van der Waals surface area contributed by atoms with E-state index in [1.165, 1.54) is 16.7 Å². The number of amides is 1. The van der Waals surface area contributed by atoms with Crippen LogP contribution in [-0.2, 0) is 19.4 Å². The number of nitrogens with zero attached hydrogens (tertiary/aromatic N) is 1. The van der Waals surface area contributed by atoms with E-state index in [1.807, 2.05) is 48.5 Å². The molecule has 0 aliphatic heterocycles. The Morgan fingerprint density at radius 1 is 1.03 bits per heavy atom. The van der Waals surface area contributed by atoms with Crippen LogP contribution in [-0.4, -0.2) is 23.2 Å². The van der Waals surface area contributed by atoms with Crippen molar-refractivity contribution in [3.8, 4) is 28.3 Å². The van der Waals surface area contributed by atoms with Gasteiger partial charge in [0.05, 0.1) is 18.5 Å². The minimum absolute atomic E-state index is 0.103. The van der Waals surface area contributed by atoms with E-state index in [-0.39, 0.29) is 5.91 Å². The lowest BCUT2D eigenvalue weighted by atomic mass is 9.99. The average Bonchev–Trinajstić information content (AvgIpc) is 3.18. The van der Waals surface area contributed by atoms with E-state index in [1.54, 1.807) is 7.11 Å². The lowest BCUT2D eigenvalue weighted by Crippen LogP contribution is -2.22. The Balaban J connectivity index is 1.33. The fraction of sp³-hybridized carbons (Fsp3) is 0.185. The monoisotopic (exact) mass is 423 g/mol. The number of aromatic nitrogens is 2. The predicted octanol–water partition coefficient (Wildman–Crippen LogP) is 5.17. The molecule has 0 unspecified atom stereocenters. The molecule has 1 aliphatic carbocycles. The van der Waals surface area contributed by atoms with Crippen molar-refractivity contribution in [3.05, 3.63) is 95.1 Å². The topological polar surface area (TPSA) is 67.0 Å². The first-order valence-corrected chi connectivity index (χ1v) is 10.9. The molecule has 160 valence electrons. The summed E-state index contributed by atoms with van der Waals surface area (Å²) in [5.41, 5.74) is 8.60. The third kappa shape index (κ3) is 3.89. The number of rotatable bonds is 5. The number of benzene rings is 3. The summed E-state index contributed by atoms with van der Waals surface area (Å²) in [4.78, 5) is 12.6. The second-order valence-electron chi connectivity index (χ2n) is 8.05. The molecule has 5 nitrogen and oxygen atoms in total. The summed E-state index contributed by atoms with van der Waals surface area (Å²) in [7, 11) is 1.64. The zero-order valence-electron chi connectivity index (χ0n) is 18.0. The van der Waals surface area contributed by atoms with Gasteiger partial charge >= 0.3 is 0 Å². The van der Waals surface area contributed by atoms with Gasteiger partial charge in [-0.05, 0) is 54.7 Å². The Bertz CT molecular complexity index is 1260. The van der Waals surface area contributed by atoms with Crippen molar-refractivity contribution in [1.29, 1.82) is 0 Å². The molecule has 0 saturated heterocycles. The number of hydrogen-bond donors (Lipinski definition) is 2. The molecule has 3 aromatic carbocycles. The number of ether oxygens (including phenoxy) is 1. The van der Waals surface area contributed by atoms with Crippen molar-refractivity contribution in [2.24, 2.45) is 0 Å². The number of H-pyrrole nitrogens is 1. The molecule has 1 heterocycles. The summed E-state index contributed by atoms with van der Waals surface area (Å²) in [5, 5.41) is 10.9. The van der Waals surface area contributed by atoms with Crippen molar-refractivity contribution in [2.45, 2.75) is 25.8 Å². The maximum absolute atomic E-state index is 12.6. The largest absolute Gasteiger partial charge is 0.497 e. The fourth-order valence-electron chi connectivity index (χ4n) is 4.35. The Morgan fingerprint density at radius 3 is 2.72 bits per heavy atom. The Kier molecular flexibility index (Phi) is 5.46. The highest BCUT2D eigenvalue weighted by Crippen LogP contribution is 2.36. The zero-order valence-corrected chi connectivity index (χ0v) is 18.0. The summed E-state index contributed by atoms with van der Waals surface area (Å²) in [6, 6.07) is 23.9. The highest BCUT2D eigenvalue weighted by Gasteiger charge is 2.21. The maximum atomic E-state index is 12.6. The molecule has 0 atom stereocenters. The summed E-state index contributed by atoms with van der Waals surface area (Å²) < 4.78 is 5.24. The minimum Gasteiger partial charge on any atom is -0.497 e. The van der Waals surface area contributed by atoms with E-state index in [0.29, 0.717) is 12.1 Å². The summed E-state index contributed by atoms with van der Waals surface area (Å²) in [5.74, 6) is 0.677. The molecule has 0 bridgehead atoms. The third-order valence-electron chi connectivity index (χ3n) is 6.03. The number of nitrogens with one attached hydrogen (secondary N) is 2. The number of aromatic amines is 1. The van der Waals surface area contributed by atoms with Crippen molar-refractivity contribution in [3.63, 3.8) is 0 Å². The number of methoxy groups -OCH3 is 1. The van der Waals surface area contributed by atoms with E-state index in [4.69, 9.17) is 4.74 Å². The minimum atomic E-state index is -0.103. The van der Waals surface area contributed by atoms with Gasteiger partial charge in [0.25, 0.3) is 5.91 Å². The normalized spacial score (nSPS) is 12.4. The first-order valence-electron chi connectivity index (χ1n) is 10.9. The van der Waals surface area contributed by atoms with E-state index in [9.17, 15) is 4.79 Å². The van der Waals surface area contributed by atoms with Crippen LogP contribution in [0.5, 0.6) is 5.75 Å². The number of aryl methyl sites for hydroxylation is 1. The Hall–Kier alpha value is -3.86. The van der Waals surface area contributed by atoms with Crippen LogP contribution in [0.1, 0.15) is 33.5 Å². The molecular formula is C27H25N3O2. The molecule has 0 fully saturated rings. The maximum Gasteiger partial charge on any atom is 0.251 e. The van der Waals surface area contributed by atoms with E-state index >= 15 is 0 Å². The van der Waals surface area contributed by atoms with Gasteiger partial charge in [-0.1, -0.05) is 48.5 Å². The van der Waals surface area contributed by atoms with Crippen LogP contribution in [0.2, 0.25) is 0 Å². The molecule has 1 aliphatic rings. The van der Waals surface area contributed by atoms with Gasteiger partial charge in [-0.2, -0.15) is 5.10 Å². The number of fused-ring (bicyclic) bond motifs is 3. The smallest absolute Gasteiger partial charge is 0.251 e. The third-order valence-corrected chi connectivity index (χ3v) is 6.03. The summed E-state index contributed by atoms with van der Waals surface area (Å²) in [6.07, 6.45) is 3.16. The van der Waals surface area contributed by atoms with Crippen molar-refractivity contribution in [1.82, 2.24) is 15.5 Å². The lowest BCUT2D eigenvalue weighted by molar-refractivity contribution is 0.0951. The molecule has 32 heavy (non-hydrogen) atoms. The Morgan fingerprint density at radius 2 is 1.88 bits per heavy atom. The van der Waals surface area contributed by atoms with Crippen LogP contribution >= 0.6 is 0 Å². The summed E-state index contributed by atoms with van der Waals surface area (Å²) in [6.45, 7) is 0.448. The highest BCUT2D eigenvalue weighted by molar-refractivity contribution is 5.94. The van der Waals surface area contributed by atoms with Gasteiger partial charge in [0, 0.05) is 28.8 Å². The van der Waals surface area contributed by atoms with Crippen LogP contribution in [0.15, 0.2) is 72.8 Å².